The zero-order valence-corrected chi connectivity index (χ0v) is 4.79. The molecule has 0 fully saturated rings. The van der Waals surface area contributed by atoms with Crippen molar-refractivity contribution in [3.63, 3.8) is 0 Å². The Morgan fingerprint density at radius 3 is 2.57 bits per heavy atom. The zero-order valence-electron chi connectivity index (χ0n) is 3.97. The summed E-state index contributed by atoms with van der Waals surface area (Å²) in [6.45, 7) is 1.85. The lowest BCUT2D eigenvalue weighted by atomic mass is 10.5. The lowest BCUT2D eigenvalue weighted by Gasteiger charge is -1.95. The SMILES string of the molecule is Cc1occc1[S-]. The Balaban J connectivity index is 3.12. The summed E-state index contributed by atoms with van der Waals surface area (Å²) in [5, 5.41) is 0. The minimum Gasteiger partial charge on any atom is -0.776 e. The van der Waals surface area contributed by atoms with Crippen LogP contribution in [0.4, 0.5) is 0 Å². The van der Waals surface area contributed by atoms with Crippen LogP contribution in [-0.4, -0.2) is 0 Å². The molecule has 0 unspecified atom stereocenters. The highest BCUT2D eigenvalue weighted by molar-refractivity contribution is 7.58. The van der Waals surface area contributed by atoms with Crippen LogP contribution in [0.5, 0.6) is 0 Å². The van der Waals surface area contributed by atoms with E-state index in [4.69, 9.17) is 17.0 Å². The van der Waals surface area contributed by atoms with Crippen LogP contribution in [0.15, 0.2) is 21.6 Å². The number of aryl methyl sites for hydroxylation is 1. The second-order valence-corrected chi connectivity index (χ2v) is 1.78. The highest BCUT2D eigenvalue weighted by Crippen LogP contribution is 2.05. The first kappa shape index (κ1) is 4.65. The highest BCUT2D eigenvalue weighted by atomic mass is 32.1. The smallest absolute Gasteiger partial charge is 0.0890 e. The third-order valence-electron chi connectivity index (χ3n) is 0.811. The van der Waals surface area contributed by atoms with Crippen molar-refractivity contribution in [3.05, 3.63) is 18.1 Å². The number of furan rings is 1. The highest BCUT2D eigenvalue weighted by Gasteiger charge is 1.80. The molecule has 0 atom stereocenters. The summed E-state index contributed by atoms with van der Waals surface area (Å²) in [6, 6.07) is 1.77. The third kappa shape index (κ3) is 0.747. The van der Waals surface area contributed by atoms with Crippen LogP contribution in [0.3, 0.4) is 0 Å². The molecule has 0 N–H and O–H groups in total. The van der Waals surface area contributed by atoms with Gasteiger partial charge in [-0.1, -0.05) is 0 Å². The third-order valence-corrected chi connectivity index (χ3v) is 1.23. The maximum atomic E-state index is 4.86. The normalized spacial score (nSPS) is 9.29. The van der Waals surface area contributed by atoms with Crippen LogP contribution in [0, 0.1) is 6.92 Å². The van der Waals surface area contributed by atoms with Crippen molar-refractivity contribution in [2.24, 2.45) is 0 Å². The van der Waals surface area contributed by atoms with E-state index in [0.29, 0.717) is 0 Å². The van der Waals surface area contributed by atoms with Crippen molar-refractivity contribution in [1.29, 1.82) is 0 Å². The molecule has 0 aliphatic rings. The molecule has 38 valence electrons. The quantitative estimate of drug-likeness (QED) is 0.473. The molecule has 0 aromatic carbocycles. The molecule has 0 aliphatic carbocycles. The molecule has 0 amide bonds. The Hall–Kier alpha value is -0.500. The second-order valence-electron chi connectivity index (χ2n) is 1.34. The lowest BCUT2D eigenvalue weighted by molar-refractivity contribution is 0.527. The molecule has 0 saturated carbocycles. The molecule has 0 aliphatic heterocycles. The lowest BCUT2D eigenvalue weighted by Crippen LogP contribution is -1.63. The summed E-state index contributed by atoms with van der Waals surface area (Å²) >= 11 is 4.79. The molecule has 2 heteroatoms. The largest absolute Gasteiger partial charge is 0.776 e. The van der Waals surface area contributed by atoms with Gasteiger partial charge in [-0.3, -0.25) is 0 Å². The molecular formula is C5H5OS-. The van der Waals surface area contributed by atoms with E-state index in [-0.39, 0.29) is 0 Å². The van der Waals surface area contributed by atoms with E-state index >= 15 is 0 Å². The topological polar surface area (TPSA) is 13.1 Å². The Morgan fingerprint density at radius 2 is 2.43 bits per heavy atom. The predicted octanol–water partition coefficient (Wildman–Crippen LogP) is 1.49. The summed E-state index contributed by atoms with van der Waals surface area (Å²) in [5.74, 6) is 0.829. The molecular weight excluding hydrogens is 108 g/mol. The van der Waals surface area contributed by atoms with Crippen LogP contribution < -0.4 is 0 Å². The summed E-state index contributed by atoms with van der Waals surface area (Å²) in [4.78, 5) is 0.806. The fourth-order valence-corrected chi connectivity index (χ4v) is 0.477. The van der Waals surface area contributed by atoms with Gasteiger partial charge >= 0.3 is 0 Å². The van der Waals surface area contributed by atoms with Gasteiger partial charge in [0.2, 0.25) is 0 Å². The first-order chi connectivity index (χ1) is 3.30. The van der Waals surface area contributed by atoms with Crippen molar-refractivity contribution >= 4 is 12.6 Å². The minimum absolute atomic E-state index is 0.806. The molecule has 0 saturated heterocycles. The van der Waals surface area contributed by atoms with Gasteiger partial charge in [0.05, 0.1) is 12.0 Å². The van der Waals surface area contributed by atoms with Gasteiger partial charge in [0.15, 0.2) is 0 Å². The monoisotopic (exact) mass is 113 g/mol. The van der Waals surface area contributed by atoms with Gasteiger partial charge in [-0.15, -0.1) is 4.90 Å². The maximum absolute atomic E-state index is 4.86. The van der Waals surface area contributed by atoms with E-state index in [1.807, 2.05) is 6.92 Å². The van der Waals surface area contributed by atoms with E-state index in [1.54, 1.807) is 12.3 Å². The van der Waals surface area contributed by atoms with E-state index in [0.717, 1.165) is 10.7 Å². The molecule has 0 spiro atoms. The van der Waals surface area contributed by atoms with E-state index < -0.39 is 0 Å². The van der Waals surface area contributed by atoms with Gasteiger partial charge < -0.3 is 17.0 Å². The van der Waals surface area contributed by atoms with Gasteiger partial charge in [0, 0.05) is 0 Å². The molecule has 1 nitrogen and oxygen atoms in total. The summed E-state index contributed by atoms with van der Waals surface area (Å²) in [7, 11) is 0. The molecule has 1 aromatic rings. The van der Waals surface area contributed by atoms with E-state index in [9.17, 15) is 0 Å². The van der Waals surface area contributed by atoms with Crippen molar-refractivity contribution < 1.29 is 4.42 Å². The van der Waals surface area contributed by atoms with Crippen LogP contribution in [0.25, 0.3) is 0 Å². The second kappa shape index (κ2) is 1.54. The molecule has 1 heterocycles. The van der Waals surface area contributed by atoms with Crippen molar-refractivity contribution in [3.8, 4) is 0 Å². The van der Waals surface area contributed by atoms with Crippen LogP contribution in [-0.2, 0) is 12.6 Å². The van der Waals surface area contributed by atoms with Gasteiger partial charge in [-0.2, -0.15) is 0 Å². The van der Waals surface area contributed by atoms with Crippen molar-refractivity contribution in [2.75, 3.05) is 0 Å². The zero-order chi connectivity index (χ0) is 5.28. The average molecular weight is 113 g/mol. The van der Waals surface area contributed by atoms with Crippen molar-refractivity contribution in [1.82, 2.24) is 0 Å². The Labute approximate surface area is 47.7 Å². The van der Waals surface area contributed by atoms with E-state index in [1.165, 1.54) is 0 Å². The number of rotatable bonds is 0. The van der Waals surface area contributed by atoms with Crippen LogP contribution >= 0.6 is 0 Å². The average Bonchev–Trinajstić information content (AvgIpc) is 1.91. The molecule has 7 heavy (non-hydrogen) atoms. The van der Waals surface area contributed by atoms with E-state index in [2.05, 4.69) is 0 Å². The first-order valence-electron chi connectivity index (χ1n) is 2.02. The Morgan fingerprint density at radius 1 is 1.71 bits per heavy atom. The molecule has 0 radical (unpaired) electrons. The predicted molar refractivity (Wildman–Crippen MR) is 29.1 cm³/mol. The molecule has 0 bridgehead atoms. The Kier molecular flexibility index (Phi) is 1.02. The first-order valence-corrected chi connectivity index (χ1v) is 2.42. The standard InChI is InChI=1S/C5H6OS/c1-4-5(7)2-3-6-4/h2-3,7H,1H3/p-1. The molecule has 1 rings (SSSR count). The van der Waals surface area contributed by atoms with Gasteiger partial charge in [-0.25, -0.2) is 0 Å². The summed E-state index contributed by atoms with van der Waals surface area (Å²) in [6.07, 6.45) is 1.59. The number of hydrogen-bond donors (Lipinski definition) is 0. The van der Waals surface area contributed by atoms with Gasteiger partial charge in [0.1, 0.15) is 0 Å². The summed E-state index contributed by atoms with van der Waals surface area (Å²) in [5.41, 5.74) is 0. The summed E-state index contributed by atoms with van der Waals surface area (Å²) < 4.78 is 4.86. The Bertz CT molecular complexity index is 140. The number of hydrogen-bond acceptors (Lipinski definition) is 2. The van der Waals surface area contributed by atoms with Crippen LogP contribution in [0.2, 0.25) is 0 Å². The fraction of sp³-hybridized carbons (Fsp3) is 0.200. The van der Waals surface area contributed by atoms with Gasteiger partial charge in [0.25, 0.3) is 0 Å². The van der Waals surface area contributed by atoms with Crippen LogP contribution in [0.1, 0.15) is 5.76 Å². The fourth-order valence-electron chi connectivity index (χ4n) is 0.373. The van der Waals surface area contributed by atoms with Gasteiger partial charge in [-0.05, 0) is 13.0 Å². The minimum atomic E-state index is 0.806. The maximum Gasteiger partial charge on any atom is 0.0890 e. The molecule has 1 aromatic heterocycles. The van der Waals surface area contributed by atoms with Crippen molar-refractivity contribution in [2.45, 2.75) is 11.8 Å².